The molecule has 2 unspecified atom stereocenters. The summed E-state index contributed by atoms with van der Waals surface area (Å²) in [5.74, 6) is -0.494. The van der Waals surface area contributed by atoms with Crippen LogP contribution in [0.2, 0.25) is 0 Å². The molecule has 1 aromatic rings. The Balaban J connectivity index is 2.27. The summed E-state index contributed by atoms with van der Waals surface area (Å²) in [5.41, 5.74) is 4.97. The first-order valence-corrected chi connectivity index (χ1v) is 8.03. The summed E-state index contributed by atoms with van der Waals surface area (Å²) < 4.78 is 27.1. The highest BCUT2D eigenvalue weighted by Gasteiger charge is 2.31. The van der Waals surface area contributed by atoms with Gasteiger partial charge in [-0.05, 0) is 37.4 Å². The van der Waals surface area contributed by atoms with Crippen LogP contribution in [-0.2, 0) is 10.0 Å². The van der Waals surface area contributed by atoms with Gasteiger partial charge in [-0.25, -0.2) is 13.1 Å². The first-order valence-electron chi connectivity index (χ1n) is 6.55. The second-order valence-corrected chi connectivity index (χ2v) is 6.78. The van der Waals surface area contributed by atoms with Crippen LogP contribution in [0.4, 0.5) is 5.69 Å². The first-order chi connectivity index (χ1) is 9.85. The average molecular weight is 315 g/mol. The summed E-state index contributed by atoms with van der Waals surface area (Å²) in [5, 5.41) is 20.1. The van der Waals surface area contributed by atoms with Crippen LogP contribution in [0.3, 0.4) is 0 Å². The Kier molecular flexibility index (Phi) is 4.45. The van der Waals surface area contributed by atoms with Gasteiger partial charge in [0.15, 0.2) is 5.75 Å². The molecule has 0 aliphatic heterocycles. The van der Waals surface area contributed by atoms with Crippen molar-refractivity contribution < 1.29 is 18.4 Å². The van der Waals surface area contributed by atoms with Crippen molar-refractivity contribution in [2.45, 2.75) is 30.2 Å². The molecule has 1 aliphatic carbocycles. The monoisotopic (exact) mass is 315 g/mol. The van der Waals surface area contributed by atoms with E-state index in [1.807, 2.05) is 0 Å². The lowest BCUT2D eigenvalue weighted by atomic mass is 10.1. The van der Waals surface area contributed by atoms with Crippen LogP contribution < -0.4 is 10.5 Å². The number of hydrogen-bond acceptors (Lipinski definition) is 6. The molecule has 9 heteroatoms. The van der Waals surface area contributed by atoms with Crippen molar-refractivity contribution in [3.8, 4) is 5.75 Å². The topological polar surface area (TPSA) is 136 Å². The fourth-order valence-corrected chi connectivity index (χ4v) is 3.92. The van der Waals surface area contributed by atoms with Crippen molar-refractivity contribution in [2.75, 3.05) is 6.54 Å². The first kappa shape index (κ1) is 15.7. The summed E-state index contributed by atoms with van der Waals surface area (Å²) in [7, 11) is -3.88. The Morgan fingerprint density at radius 2 is 2.14 bits per heavy atom. The molecule has 0 spiro atoms. The number of aromatic hydroxyl groups is 1. The van der Waals surface area contributed by atoms with Crippen LogP contribution in [0.25, 0.3) is 0 Å². The minimum absolute atomic E-state index is 0.0758. The molecule has 1 saturated carbocycles. The van der Waals surface area contributed by atoms with Crippen LogP contribution in [0.15, 0.2) is 23.1 Å². The molecule has 116 valence electrons. The zero-order valence-electron chi connectivity index (χ0n) is 11.2. The number of nitro groups is 1. The molecular weight excluding hydrogens is 298 g/mol. The third-order valence-corrected chi connectivity index (χ3v) is 5.21. The highest BCUT2D eigenvalue weighted by atomic mass is 32.2. The standard InChI is InChI=1S/C12H17N3O5S/c13-7-8-2-1-3-10(8)14-21(19,20)9-4-5-12(16)11(6-9)15(17)18/h4-6,8,10,14,16H,1-3,7,13H2. The molecule has 2 atom stereocenters. The van der Waals surface area contributed by atoms with E-state index >= 15 is 0 Å². The molecule has 0 radical (unpaired) electrons. The van der Waals surface area contributed by atoms with Crippen LogP contribution >= 0.6 is 0 Å². The van der Waals surface area contributed by atoms with Gasteiger partial charge < -0.3 is 10.8 Å². The van der Waals surface area contributed by atoms with E-state index in [4.69, 9.17) is 5.73 Å². The van der Waals surface area contributed by atoms with Crippen LogP contribution in [0.5, 0.6) is 5.75 Å². The SMILES string of the molecule is NCC1CCCC1NS(=O)(=O)c1ccc(O)c([N+](=O)[O-])c1. The number of rotatable bonds is 5. The smallest absolute Gasteiger partial charge is 0.312 e. The lowest BCUT2D eigenvalue weighted by Gasteiger charge is -2.19. The van der Waals surface area contributed by atoms with E-state index in [9.17, 15) is 23.6 Å². The van der Waals surface area contributed by atoms with E-state index < -0.39 is 26.4 Å². The van der Waals surface area contributed by atoms with E-state index in [-0.39, 0.29) is 16.9 Å². The van der Waals surface area contributed by atoms with E-state index in [0.717, 1.165) is 31.0 Å². The molecule has 1 aromatic carbocycles. The predicted molar refractivity (Wildman–Crippen MR) is 75.3 cm³/mol. The molecule has 0 bridgehead atoms. The number of nitrogens with one attached hydrogen (secondary N) is 1. The Morgan fingerprint density at radius 1 is 1.43 bits per heavy atom. The molecule has 0 saturated heterocycles. The summed E-state index contributed by atoms with van der Waals surface area (Å²) in [6.07, 6.45) is 2.45. The third-order valence-electron chi connectivity index (χ3n) is 3.72. The zero-order valence-corrected chi connectivity index (χ0v) is 12.0. The Morgan fingerprint density at radius 3 is 2.76 bits per heavy atom. The van der Waals surface area contributed by atoms with Crippen LogP contribution in [0, 0.1) is 16.0 Å². The molecule has 8 nitrogen and oxygen atoms in total. The average Bonchev–Trinajstić information content (AvgIpc) is 2.85. The molecule has 1 aliphatic rings. The maximum absolute atomic E-state index is 12.3. The number of benzene rings is 1. The number of phenols is 1. The number of sulfonamides is 1. The summed E-state index contributed by atoms with van der Waals surface area (Å²) in [4.78, 5) is 9.69. The molecule has 0 aromatic heterocycles. The van der Waals surface area contributed by atoms with Crippen molar-refractivity contribution in [1.29, 1.82) is 0 Å². The summed E-state index contributed by atoms with van der Waals surface area (Å²) >= 11 is 0. The van der Waals surface area contributed by atoms with E-state index in [0.29, 0.717) is 13.0 Å². The van der Waals surface area contributed by atoms with Crippen molar-refractivity contribution in [3.05, 3.63) is 28.3 Å². The fourth-order valence-electron chi connectivity index (χ4n) is 2.56. The third kappa shape index (κ3) is 3.31. The van der Waals surface area contributed by atoms with E-state index in [2.05, 4.69) is 4.72 Å². The molecule has 4 N–H and O–H groups in total. The van der Waals surface area contributed by atoms with Gasteiger partial charge in [0.2, 0.25) is 10.0 Å². The lowest BCUT2D eigenvalue weighted by molar-refractivity contribution is -0.386. The number of phenolic OH excluding ortho intramolecular Hbond substituents is 1. The van der Waals surface area contributed by atoms with Gasteiger partial charge in [-0.15, -0.1) is 0 Å². The molecule has 0 heterocycles. The number of nitro benzene ring substituents is 1. The molecule has 21 heavy (non-hydrogen) atoms. The second kappa shape index (κ2) is 5.96. The van der Waals surface area contributed by atoms with Gasteiger partial charge in [0.1, 0.15) is 0 Å². The van der Waals surface area contributed by atoms with Gasteiger partial charge in [0.05, 0.1) is 9.82 Å². The Bertz CT molecular complexity index is 646. The molecule has 1 fully saturated rings. The predicted octanol–water partition coefficient (Wildman–Crippen LogP) is 0.706. The number of nitrogens with two attached hydrogens (primary N) is 1. The van der Waals surface area contributed by atoms with Crippen LogP contribution in [-0.4, -0.2) is 31.0 Å². The van der Waals surface area contributed by atoms with Gasteiger partial charge in [0, 0.05) is 12.1 Å². The largest absolute Gasteiger partial charge is 0.502 e. The van der Waals surface area contributed by atoms with E-state index in [1.165, 1.54) is 0 Å². The maximum Gasteiger partial charge on any atom is 0.312 e. The molecule has 0 amide bonds. The number of nitrogens with zero attached hydrogens (tertiary/aromatic N) is 1. The second-order valence-electron chi connectivity index (χ2n) is 5.06. The zero-order chi connectivity index (χ0) is 15.6. The molecular formula is C12H17N3O5S. The van der Waals surface area contributed by atoms with Gasteiger partial charge >= 0.3 is 5.69 Å². The number of hydrogen-bond donors (Lipinski definition) is 3. The normalized spacial score (nSPS) is 22.3. The van der Waals surface area contributed by atoms with Crippen molar-refractivity contribution in [3.63, 3.8) is 0 Å². The minimum atomic E-state index is -3.88. The van der Waals surface area contributed by atoms with Crippen molar-refractivity contribution in [2.24, 2.45) is 11.7 Å². The van der Waals surface area contributed by atoms with Gasteiger partial charge in [-0.2, -0.15) is 0 Å². The maximum atomic E-state index is 12.3. The van der Waals surface area contributed by atoms with Crippen molar-refractivity contribution in [1.82, 2.24) is 4.72 Å². The van der Waals surface area contributed by atoms with Crippen LogP contribution in [0.1, 0.15) is 19.3 Å². The highest BCUT2D eigenvalue weighted by molar-refractivity contribution is 7.89. The van der Waals surface area contributed by atoms with Gasteiger partial charge in [-0.3, -0.25) is 10.1 Å². The molecule has 2 rings (SSSR count). The Hall–Kier alpha value is -1.71. The quantitative estimate of drug-likeness (QED) is 0.540. The fraction of sp³-hybridized carbons (Fsp3) is 0.500. The van der Waals surface area contributed by atoms with Crippen molar-refractivity contribution >= 4 is 15.7 Å². The summed E-state index contributed by atoms with van der Waals surface area (Å²) in [6, 6.07) is 2.73. The minimum Gasteiger partial charge on any atom is -0.502 e. The van der Waals surface area contributed by atoms with E-state index in [1.54, 1.807) is 0 Å². The summed E-state index contributed by atoms with van der Waals surface area (Å²) in [6.45, 7) is 0.392. The Labute approximate surface area is 122 Å². The van der Waals surface area contributed by atoms with Gasteiger partial charge in [-0.1, -0.05) is 6.42 Å². The highest BCUT2D eigenvalue weighted by Crippen LogP contribution is 2.30. The lowest BCUT2D eigenvalue weighted by Crippen LogP contribution is -2.39. The van der Waals surface area contributed by atoms with Gasteiger partial charge in [0.25, 0.3) is 0 Å².